The minimum Gasteiger partial charge on any atom is -0.458 e. The summed E-state index contributed by atoms with van der Waals surface area (Å²) >= 11 is 0. The summed E-state index contributed by atoms with van der Waals surface area (Å²) < 4.78 is 37.4. The second-order valence-corrected chi connectivity index (χ2v) is 8.06. The van der Waals surface area contributed by atoms with Crippen molar-refractivity contribution in [1.82, 2.24) is 14.3 Å². The minimum absolute atomic E-state index is 0.126. The monoisotopic (exact) mass is 327 g/mol. The van der Waals surface area contributed by atoms with Crippen molar-refractivity contribution in [2.45, 2.75) is 37.9 Å². The third-order valence-corrected chi connectivity index (χ3v) is 6.08. The van der Waals surface area contributed by atoms with Crippen LogP contribution in [-0.2, 0) is 14.8 Å². The molecule has 7 nitrogen and oxygen atoms in total. The van der Waals surface area contributed by atoms with Gasteiger partial charge >= 0.3 is 6.01 Å². The molecule has 3 rings (SSSR count). The lowest BCUT2D eigenvalue weighted by molar-refractivity contribution is -0.0339. The zero-order valence-electron chi connectivity index (χ0n) is 12.6. The molecule has 2 saturated heterocycles. The first kappa shape index (κ1) is 15.6. The molecular formula is C14H21N3O4S. The van der Waals surface area contributed by atoms with Crippen LogP contribution >= 0.6 is 0 Å². The quantitative estimate of drug-likeness (QED) is 0.815. The van der Waals surface area contributed by atoms with E-state index in [1.165, 1.54) is 0 Å². The summed E-state index contributed by atoms with van der Waals surface area (Å²) in [6.45, 7) is 3.11. The summed E-state index contributed by atoms with van der Waals surface area (Å²) in [6, 6.07) is 2.07. The van der Waals surface area contributed by atoms with E-state index in [-0.39, 0.29) is 11.9 Å². The number of piperidine rings is 1. The first-order chi connectivity index (χ1) is 10.5. The van der Waals surface area contributed by atoms with Gasteiger partial charge in [0.15, 0.2) is 0 Å². The SMILES string of the molecule is CCS(=O)(=O)N1CCC[C@@]2(C[C@@H](Oc3ncccn3)CO2)C1. The Hall–Kier alpha value is -1.25. The van der Waals surface area contributed by atoms with Crippen molar-refractivity contribution in [1.29, 1.82) is 0 Å². The lowest BCUT2D eigenvalue weighted by atomic mass is 9.90. The van der Waals surface area contributed by atoms with E-state index in [1.54, 1.807) is 29.7 Å². The van der Waals surface area contributed by atoms with Crippen LogP contribution in [0.3, 0.4) is 0 Å². The van der Waals surface area contributed by atoms with Crippen LogP contribution in [0.5, 0.6) is 6.01 Å². The highest BCUT2D eigenvalue weighted by Gasteiger charge is 2.46. The van der Waals surface area contributed by atoms with Crippen molar-refractivity contribution in [2.24, 2.45) is 0 Å². The van der Waals surface area contributed by atoms with Gasteiger partial charge < -0.3 is 9.47 Å². The summed E-state index contributed by atoms with van der Waals surface area (Å²) in [5, 5.41) is 0. The zero-order chi connectivity index (χ0) is 15.6. The van der Waals surface area contributed by atoms with Gasteiger partial charge in [-0.3, -0.25) is 0 Å². The maximum absolute atomic E-state index is 12.1. The fourth-order valence-corrected chi connectivity index (χ4v) is 4.34. The molecule has 22 heavy (non-hydrogen) atoms. The molecule has 3 heterocycles. The van der Waals surface area contributed by atoms with Gasteiger partial charge in [-0.1, -0.05) is 0 Å². The van der Waals surface area contributed by atoms with Crippen molar-refractivity contribution < 1.29 is 17.9 Å². The molecule has 0 N–H and O–H groups in total. The maximum Gasteiger partial charge on any atom is 0.316 e. The number of rotatable bonds is 4. The van der Waals surface area contributed by atoms with Crippen molar-refractivity contribution >= 4 is 10.0 Å². The summed E-state index contributed by atoms with van der Waals surface area (Å²) in [6.07, 6.45) is 5.47. The van der Waals surface area contributed by atoms with Crippen LogP contribution in [0.1, 0.15) is 26.2 Å². The molecule has 122 valence electrons. The van der Waals surface area contributed by atoms with E-state index in [0.29, 0.717) is 32.1 Å². The lowest BCUT2D eigenvalue weighted by Gasteiger charge is -2.38. The average Bonchev–Trinajstić information content (AvgIpc) is 2.90. The minimum atomic E-state index is -3.17. The fraction of sp³-hybridized carbons (Fsp3) is 0.714. The van der Waals surface area contributed by atoms with Crippen molar-refractivity contribution in [3.63, 3.8) is 0 Å². The van der Waals surface area contributed by atoms with Gasteiger partial charge in [-0.05, 0) is 25.8 Å². The van der Waals surface area contributed by atoms with E-state index in [1.807, 2.05) is 0 Å². The number of ether oxygens (including phenoxy) is 2. The van der Waals surface area contributed by atoms with Gasteiger partial charge in [-0.25, -0.2) is 18.4 Å². The molecule has 1 aromatic heterocycles. The number of nitrogens with zero attached hydrogens (tertiary/aromatic N) is 3. The van der Waals surface area contributed by atoms with E-state index < -0.39 is 15.6 Å². The second kappa shape index (κ2) is 6.10. The van der Waals surface area contributed by atoms with Crippen LogP contribution in [0.15, 0.2) is 18.5 Å². The molecule has 1 spiro atoms. The summed E-state index contributed by atoms with van der Waals surface area (Å²) in [5.74, 6) is 0.126. The molecular weight excluding hydrogens is 306 g/mol. The maximum atomic E-state index is 12.1. The smallest absolute Gasteiger partial charge is 0.316 e. The van der Waals surface area contributed by atoms with Crippen LogP contribution < -0.4 is 4.74 Å². The zero-order valence-corrected chi connectivity index (χ0v) is 13.5. The summed E-state index contributed by atoms with van der Waals surface area (Å²) in [4.78, 5) is 8.10. The van der Waals surface area contributed by atoms with Crippen LogP contribution in [0.4, 0.5) is 0 Å². The van der Waals surface area contributed by atoms with Gasteiger partial charge in [0.25, 0.3) is 0 Å². The third kappa shape index (κ3) is 3.23. The van der Waals surface area contributed by atoms with Crippen LogP contribution in [0.2, 0.25) is 0 Å². The summed E-state index contributed by atoms with van der Waals surface area (Å²) in [7, 11) is -3.17. The van der Waals surface area contributed by atoms with Crippen molar-refractivity contribution in [2.75, 3.05) is 25.4 Å². The molecule has 0 saturated carbocycles. The van der Waals surface area contributed by atoms with E-state index in [9.17, 15) is 8.42 Å². The first-order valence-corrected chi connectivity index (χ1v) is 9.19. The molecule has 0 unspecified atom stereocenters. The number of hydrogen-bond acceptors (Lipinski definition) is 6. The predicted molar refractivity (Wildman–Crippen MR) is 80.0 cm³/mol. The van der Waals surface area contributed by atoms with E-state index in [0.717, 1.165) is 12.8 Å². The lowest BCUT2D eigenvalue weighted by Crippen LogP contribution is -2.50. The van der Waals surface area contributed by atoms with Crippen molar-refractivity contribution in [3.8, 4) is 6.01 Å². The Kier molecular flexibility index (Phi) is 4.33. The highest BCUT2D eigenvalue weighted by Crippen LogP contribution is 2.36. The molecule has 2 aliphatic rings. The second-order valence-electron chi connectivity index (χ2n) is 5.81. The molecule has 8 heteroatoms. The Bertz CT molecular complexity index is 610. The van der Waals surface area contributed by atoms with Crippen LogP contribution in [0.25, 0.3) is 0 Å². The van der Waals surface area contributed by atoms with Crippen LogP contribution in [-0.4, -0.2) is 59.8 Å². The fourth-order valence-electron chi connectivity index (χ4n) is 3.14. The van der Waals surface area contributed by atoms with Gasteiger partial charge in [0, 0.05) is 31.9 Å². The summed E-state index contributed by atoms with van der Waals surface area (Å²) in [5.41, 5.74) is -0.431. The van der Waals surface area contributed by atoms with Gasteiger partial charge in [0.1, 0.15) is 6.10 Å². The van der Waals surface area contributed by atoms with Gasteiger partial charge in [-0.15, -0.1) is 0 Å². The van der Waals surface area contributed by atoms with E-state index in [2.05, 4.69) is 9.97 Å². The highest BCUT2D eigenvalue weighted by molar-refractivity contribution is 7.89. The molecule has 0 aliphatic carbocycles. The standard InChI is InChI=1S/C14H21N3O4S/c1-2-22(18,19)17-8-3-5-14(11-17)9-12(10-20-14)21-13-15-6-4-7-16-13/h4,6-7,12H,2-3,5,8-11H2,1H3/t12-,14-/m1/s1. The normalized spacial score (nSPS) is 29.8. The number of sulfonamides is 1. The van der Waals surface area contributed by atoms with E-state index in [4.69, 9.17) is 9.47 Å². The molecule has 0 radical (unpaired) electrons. The molecule has 1 aromatic rings. The van der Waals surface area contributed by atoms with Gasteiger partial charge in [0.2, 0.25) is 10.0 Å². The Morgan fingerprint density at radius 2 is 2.23 bits per heavy atom. The van der Waals surface area contributed by atoms with Crippen molar-refractivity contribution in [3.05, 3.63) is 18.5 Å². The average molecular weight is 327 g/mol. The molecule has 0 bridgehead atoms. The van der Waals surface area contributed by atoms with Crippen LogP contribution in [0, 0.1) is 0 Å². The number of hydrogen-bond donors (Lipinski definition) is 0. The van der Waals surface area contributed by atoms with Gasteiger partial charge in [-0.2, -0.15) is 4.31 Å². The Balaban J connectivity index is 1.65. The molecule has 2 atom stereocenters. The first-order valence-electron chi connectivity index (χ1n) is 7.58. The Morgan fingerprint density at radius 3 is 2.95 bits per heavy atom. The highest BCUT2D eigenvalue weighted by atomic mass is 32.2. The third-order valence-electron chi connectivity index (χ3n) is 4.25. The Morgan fingerprint density at radius 1 is 1.45 bits per heavy atom. The largest absolute Gasteiger partial charge is 0.458 e. The molecule has 0 amide bonds. The number of aromatic nitrogens is 2. The van der Waals surface area contributed by atoms with E-state index >= 15 is 0 Å². The Labute approximate surface area is 130 Å². The molecule has 2 aliphatic heterocycles. The topological polar surface area (TPSA) is 81.6 Å². The molecule has 2 fully saturated rings. The molecule has 0 aromatic carbocycles. The predicted octanol–water partition coefficient (Wildman–Crippen LogP) is 0.829. The van der Waals surface area contributed by atoms with Gasteiger partial charge in [0.05, 0.1) is 18.0 Å².